The van der Waals surface area contributed by atoms with Crippen molar-refractivity contribution < 1.29 is 18.7 Å². The van der Waals surface area contributed by atoms with Crippen LogP contribution < -0.4 is 0 Å². The standard InChI is InChI=1S/C6H6F2N2O2/c7-6(8)4-1-2-10(9-4)3-5(11)12/h1-2,6H,3H2,(H,11,12). The number of aliphatic carboxylic acids is 1. The molecule has 0 aliphatic rings. The van der Waals surface area contributed by atoms with E-state index in [4.69, 9.17) is 5.11 Å². The first-order valence-corrected chi connectivity index (χ1v) is 3.13. The maximum atomic E-state index is 11.9. The second-order valence-corrected chi connectivity index (χ2v) is 2.13. The van der Waals surface area contributed by atoms with Gasteiger partial charge in [0.2, 0.25) is 0 Å². The first-order valence-electron chi connectivity index (χ1n) is 3.13. The van der Waals surface area contributed by atoms with E-state index in [0.29, 0.717) is 0 Å². The number of hydrogen-bond donors (Lipinski definition) is 1. The second kappa shape index (κ2) is 3.29. The highest BCUT2D eigenvalue weighted by molar-refractivity contribution is 5.66. The molecule has 1 aromatic rings. The van der Waals surface area contributed by atoms with E-state index in [-0.39, 0.29) is 0 Å². The van der Waals surface area contributed by atoms with Gasteiger partial charge < -0.3 is 5.11 Å². The molecular formula is C6H6F2N2O2. The van der Waals surface area contributed by atoms with Crippen LogP contribution in [0.25, 0.3) is 0 Å². The summed E-state index contributed by atoms with van der Waals surface area (Å²) >= 11 is 0. The van der Waals surface area contributed by atoms with Crippen molar-refractivity contribution in [2.45, 2.75) is 13.0 Å². The van der Waals surface area contributed by atoms with E-state index in [9.17, 15) is 13.6 Å². The minimum Gasteiger partial charge on any atom is -0.480 e. The van der Waals surface area contributed by atoms with E-state index in [1.165, 1.54) is 6.20 Å². The number of alkyl halides is 2. The van der Waals surface area contributed by atoms with Gasteiger partial charge in [-0.1, -0.05) is 0 Å². The third-order valence-electron chi connectivity index (χ3n) is 1.18. The molecule has 0 saturated carbocycles. The molecule has 0 aliphatic carbocycles. The Morgan fingerprint density at radius 1 is 1.75 bits per heavy atom. The molecule has 12 heavy (non-hydrogen) atoms. The van der Waals surface area contributed by atoms with Crippen molar-refractivity contribution in [2.75, 3.05) is 0 Å². The van der Waals surface area contributed by atoms with Crippen LogP contribution in [0.2, 0.25) is 0 Å². The Morgan fingerprint density at radius 2 is 2.42 bits per heavy atom. The lowest BCUT2D eigenvalue weighted by molar-refractivity contribution is -0.137. The van der Waals surface area contributed by atoms with Crippen LogP contribution in [-0.4, -0.2) is 20.9 Å². The van der Waals surface area contributed by atoms with Crippen molar-refractivity contribution in [3.8, 4) is 0 Å². The van der Waals surface area contributed by atoms with E-state index in [1.54, 1.807) is 0 Å². The molecule has 0 bridgehead atoms. The molecule has 1 aromatic heterocycles. The fourth-order valence-electron chi connectivity index (χ4n) is 0.720. The summed E-state index contributed by atoms with van der Waals surface area (Å²) in [5, 5.41) is 11.6. The molecule has 4 nitrogen and oxygen atoms in total. The van der Waals surface area contributed by atoms with Crippen LogP contribution in [0.15, 0.2) is 12.3 Å². The van der Waals surface area contributed by atoms with Crippen LogP contribution in [-0.2, 0) is 11.3 Å². The van der Waals surface area contributed by atoms with Crippen molar-refractivity contribution in [1.82, 2.24) is 9.78 Å². The number of halogens is 2. The van der Waals surface area contributed by atoms with Crippen molar-refractivity contribution in [3.05, 3.63) is 18.0 Å². The van der Waals surface area contributed by atoms with Gasteiger partial charge >= 0.3 is 5.97 Å². The molecule has 1 rings (SSSR count). The molecule has 0 aromatic carbocycles. The minimum absolute atomic E-state index is 0.396. The lowest BCUT2D eigenvalue weighted by Gasteiger charge is -1.94. The molecule has 1 heterocycles. The summed E-state index contributed by atoms with van der Waals surface area (Å²) in [5.74, 6) is -1.11. The second-order valence-electron chi connectivity index (χ2n) is 2.13. The van der Waals surface area contributed by atoms with Gasteiger partial charge in [0, 0.05) is 6.20 Å². The molecule has 0 aliphatic heterocycles. The number of rotatable bonds is 3. The fraction of sp³-hybridized carbons (Fsp3) is 0.333. The Hall–Kier alpha value is -1.46. The molecule has 1 N–H and O–H groups in total. The van der Waals surface area contributed by atoms with Crippen LogP contribution in [0.3, 0.4) is 0 Å². The number of carboxylic acid groups (broad SMARTS) is 1. The SMILES string of the molecule is O=C(O)Cn1ccc(C(F)F)n1. The highest BCUT2D eigenvalue weighted by Crippen LogP contribution is 2.14. The normalized spacial score (nSPS) is 10.6. The van der Waals surface area contributed by atoms with Crippen LogP contribution in [0.5, 0.6) is 0 Å². The smallest absolute Gasteiger partial charge is 0.325 e. The summed E-state index contributed by atoms with van der Waals surface area (Å²) in [6.45, 7) is -0.396. The third-order valence-corrected chi connectivity index (χ3v) is 1.18. The van der Waals surface area contributed by atoms with Crippen LogP contribution >= 0.6 is 0 Å². The summed E-state index contributed by atoms with van der Waals surface area (Å²) in [4.78, 5) is 10.1. The largest absolute Gasteiger partial charge is 0.480 e. The van der Waals surface area contributed by atoms with E-state index < -0.39 is 24.6 Å². The number of hydrogen-bond acceptors (Lipinski definition) is 2. The molecule has 6 heteroatoms. The van der Waals surface area contributed by atoms with Crippen molar-refractivity contribution in [1.29, 1.82) is 0 Å². The monoisotopic (exact) mass is 176 g/mol. The highest BCUT2D eigenvalue weighted by atomic mass is 19.3. The van der Waals surface area contributed by atoms with Crippen LogP contribution in [0.1, 0.15) is 12.1 Å². The summed E-state index contributed by atoms with van der Waals surface area (Å²) in [7, 11) is 0. The zero-order valence-corrected chi connectivity index (χ0v) is 5.94. The molecule has 0 unspecified atom stereocenters. The van der Waals surface area contributed by atoms with E-state index >= 15 is 0 Å². The Kier molecular flexibility index (Phi) is 2.37. The van der Waals surface area contributed by atoms with Crippen molar-refractivity contribution in [2.24, 2.45) is 0 Å². The van der Waals surface area contributed by atoms with Crippen molar-refractivity contribution in [3.63, 3.8) is 0 Å². The molecule has 0 saturated heterocycles. The zero-order chi connectivity index (χ0) is 9.14. The average Bonchev–Trinajstić information content (AvgIpc) is 2.34. The molecule has 0 radical (unpaired) electrons. The quantitative estimate of drug-likeness (QED) is 0.744. The van der Waals surface area contributed by atoms with Gasteiger partial charge in [0.25, 0.3) is 6.43 Å². The summed E-state index contributed by atoms with van der Waals surface area (Å²) in [6, 6.07) is 1.09. The third kappa shape index (κ3) is 2.01. The molecular weight excluding hydrogens is 170 g/mol. The van der Waals surface area contributed by atoms with E-state index in [2.05, 4.69) is 5.10 Å². The highest BCUT2D eigenvalue weighted by Gasteiger charge is 2.10. The Labute approximate surface area is 66.4 Å². The van der Waals surface area contributed by atoms with Gasteiger partial charge in [-0.2, -0.15) is 5.10 Å². The predicted molar refractivity (Wildman–Crippen MR) is 34.8 cm³/mol. The molecule has 0 amide bonds. The topological polar surface area (TPSA) is 55.1 Å². The fourth-order valence-corrected chi connectivity index (χ4v) is 0.720. The van der Waals surface area contributed by atoms with Crippen LogP contribution in [0.4, 0.5) is 8.78 Å². The minimum atomic E-state index is -2.65. The Balaban J connectivity index is 2.70. The van der Waals surface area contributed by atoms with E-state index in [0.717, 1.165) is 10.7 Å². The van der Waals surface area contributed by atoms with Gasteiger partial charge in [0.1, 0.15) is 12.2 Å². The van der Waals surface area contributed by atoms with Gasteiger partial charge in [0.15, 0.2) is 0 Å². The predicted octanol–water partition coefficient (Wildman–Crippen LogP) is 0.905. The lowest BCUT2D eigenvalue weighted by Crippen LogP contribution is -2.09. The first kappa shape index (κ1) is 8.63. The number of aromatic nitrogens is 2. The number of nitrogens with zero attached hydrogens (tertiary/aromatic N) is 2. The number of carboxylic acids is 1. The number of carbonyl (C=O) groups is 1. The summed E-state index contributed by atoms with van der Waals surface area (Å²) in [5.41, 5.74) is -0.406. The van der Waals surface area contributed by atoms with Gasteiger partial charge in [-0.15, -0.1) is 0 Å². The van der Waals surface area contributed by atoms with Crippen LogP contribution in [0, 0.1) is 0 Å². The first-order chi connectivity index (χ1) is 5.59. The summed E-state index contributed by atoms with van der Waals surface area (Å²) in [6.07, 6.45) is -1.45. The van der Waals surface area contributed by atoms with E-state index in [1.807, 2.05) is 0 Å². The summed E-state index contributed by atoms with van der Waals surface area (Å²) < 4.78 is 24.7. The molecule has 0 atom stereocenters. The van der Waals surface area contributed by atoms with Gasteiger partial charge in [0.05, 0.1) is 0 Å². The Morgan fingerprint density at radius 3 is 2.83 bits per heavy atom. The average molecular weight is 176 g/mol. The lowest BCUT2D eigenvalue weighted by atomic mass is 10.5. The molecule has 0 fully saturated rings. The Bertz CT molecular complexity index is 285. The molecule has 0 spiro atoms. The van der Waals surface area contributed by atoms with Gasteiger partial charge in [-0.05, 0) is 6.07 Å². The van der Waals surface area contributed by atoms with Gasteiger partial charge in [-0.3, -0.25) is 9.48 Å². The maximum Gasteiger partial charge on any atom is 0.325 e. The van der Waals surface area contributed by atoms with Gasteiger partial charge in [-0.25, -0.2) is 8.78 Å². The molecule has 66 valence electrons. The van der Waals surface area contributed by atoms with Crippen molar-refractivity contribution >= 4 is 5.97 Å². The maximum absolute atomic E-state index is 11.9. The zero-order valence-electron chi connectivity index (χ0n) is 5.94.